The van der Waals surface area contributed by atoms with Crippen LogP contribution in [0.5, 0.6) is 0 Å². The van der Waals surface area contributed by atoms with Crippen molar-refractivity contribution in [3.8, 4) is 0 Å². The van der Waals surface area contributed by atoms with Gasteiger partial charge in [0.1, 0.15) is 6.67 Å². The van der Waals surface area contributed by atoms with Crippen molar-refractivity contribution in [2.45, 2.75) is 44.2 Å². The van der Waals surface area contributed by atoms with Gasteiger partial charge in [-0.15, -0.1) is 0 Å². The van der Waals surface area contributed by atoms with Crippen LogP contribution in [-0.2, 0) is 0 Å². The van der Waals surface area contributed by atoms with Crippen LogP contribution in [0.2, 0.25) is 0 Å². The lowest BCUT2D eigenvalue weighted by Crippen LogP contribution is -2.44. The molecule has 1 rings (SSSR count). The van der Waals surface area contributed by atoms with E-state index in [4.69, 9.17) is 5.11 Å². The van der Waals surface area contributed by atoms with E-state index in [1.165, 1.54) is 12.8 Å². The summed E-state index contributed by atoms with van der Waals surface area (Å²) >= 11 is 0. The lowest BCUT2D eigenvalue weighted by atomic mass is 10.0. The maximum absolute atomic E-state index is 11.9. The smallest absolute Gasteiger partial charge is 0.117 e. The first-order chi connectivity index (χ1) is 5.66. The number of β-amino-alcohol motifs (C(OH)–C–C–N with tert-alkyl or cyclic N) is 1. The van der Waals surface area contributed by atoms with Crippen molar-refractivity contribution in [1.82, 2.24) is 5.32 Å². The highest BCUT2D eigenvalue weighted by Crippen LogP contribution is 2.28. The van der Waals surface area contributed by atoms with Gasteiger partial charge in [-0.3, -0.25) is 0 Å². The topological polar surface area (TPSA) is 32.3 Å². The molecule has 0 spiro atoms. The highest BCUT2D eigenvalue weighted by molar-refractivity contribution is 4.88. The Balaban J connectivity index is 2.21. The molecule has 1 unspecified atom stereocenters. The molecule has 0 bridgehead atoms. The third kappa shape index (κ3) is 2.72. The maximum atomic E-state index is 11.9. The summed E-state index contributed by atoms with van der Waals surface area (Å²) in [7, 11) is 0. The van der Waals surface area contributed by atoms with E-state index in [2.05, 4.69) is 12.2 Å². The van der Waals surface area contributed by atoms with E-state index in [9.17, 15) is 4.39 Å². The van der Waals surface area contributed by atoms with E-state index in [-0.39, 0.29) is 5.54 Å². The van der Waals surface area contributed by atoms with Crippen LogP contribution in [0.3, 0.4) is 0 Å². The van der Waals surface area contributed by atoms with Crippen LogP contribution in [0.1, 0.15) is 32.6 Å². The van der Waals surface area contributed by atoms with Crippen LogP contribution in [0.25, 0.3) is 0 Å². The Labute approximate surface area is 73.2 Å². The van der Waals surface area contributed by atoms with Crippen LogP contribution in [0.4, 0.5) is 4.39 Å². The Hall–Kier alpha value is -0.150. The van der Waals surface area contributed by atoms with Crippen LogP contribution in [-0.4, -0.2) is 30.0 Å². The van der Waals surface area contributed by atoms with Gasteiger partial charge in [0.25, 0.3) is 0 Å². The zero-order valence-electron chi connectivity index (χ0n) is 7.65. The third-order valence-electron chi connectivity index (χ3n) is 2.65. The standard InChI is InChI=1S/C9H18FNO/c1-9(4-2-3-5-9)11-7-8(12)6-10/h8,11-12H,2-7H2,1H3. The van der Waals surface area contributed by atoms with Crippen molar-refractivity contribution in [2.24, 2.45) is 0 Å². The molecule has 0 aromatic carbocycles. The first kappa shape index (κ1) is 9.93. The molecule has 0 radical (unpaired) electrons. The second-order valence-corrected chi connectivity index (χ2v) is 3.96. The first-order valence-electron chi connectivity index (χ1n) is 4.65. The minimum Gasteiger partial charge on any atom is -0.389 e. The van der Waals surface area contributed by atoms with Gasteiger partial charge in [0, 0.05) is 12.1 Å². The largest absolute Gasteiger partial charge is 0.389 e. The van der Waals surface area contributed by atoms with E-state index in [0.29, 0.717) is 6.54 Å². The summed E-state index contributed by atoms with van der Waals surface area (Å²) in [6.07, 6.45) is 3.95. The number of alkyl halides is 1. The molecule has 0 saturated heterocycles. The van der Waals surface area contributed by atoms with Gasteiger partial charge in [-0.2, -0.15) is 0 Å². The van der Waals surface area contributed by atoms with E-state index < -0.39 is 12.8 Å². The lowest BCUT2D eigenvalue weighted by Gasteiger charge is -2.26. The van der Waals surface area contributed by atoms with Crippen LogP contribution in [0.15, 0.2) is 0 Å². The number of hydrogen-bond acceptors (Lipinski definition) is 2. The molecule has 3 heteroatoms. The Bertz CT molecular complexity index is 134. The Morgan fingerprint density at radius 1 is 1.50 bits per heavy atom. The van der Waals surface area contributed by atoms with E-state index >= 15 is 0 Å². The Kier molecular flexibility index (Phi) is 3.47. The van der Waals surface area contributed by atoms with Gasteiger partial charge in [-0.25, -0.2) is 4.39 Å². The predicted octanol–water partition coefficient (Wildman–Crippen LogP) is 1.24. The molecular weight excluding hydrogens is 157 g/mol. The van der Waals surface area contributed by atoms with Crippen molar-refractivity contribution >= 4 is 0 Å². The minimum absolute atomic E-state index is 0.149. The number of nitrogens with one attached hydrogen (secondary N) is 1. The maximum Gasteiger partial charge on any atom is 0.117 e. The summed E-state index contributed by atoms with van der Waals surface area (Å²) in [6, 6.07) is 0. The molecule has 0 aliphatic heterocycles. The van der Waals surface area contributed by atoms with Gasteiger partial charge in [-0.1, -0.05) is 12.8 Å². The van der Waals surface area contributed by atoms with Crippen molar-refractivity contribution in [1.29, 1.82) is 0 Å². The summed E-state index contributed by atoms with van der Waals surface area (Å²) in [5.74, 6) is 0. The normalized spacial score (nSPS) is 24.2. The lowest BCUT2D eigenvalue weighted by molar-refractivity contribution is 0.126. The number of halogens is 1. The zero-order chi connectivity index (χ0) is 9.03. The molecule has 0 aromatic rings. The monoisotopic (exact) mass is 175 g/mol. The number of aliphatic hydroxyl groups excluding tert-OH is 1. The molecule has 72 valence electrons. The van der Waals surface area contributed by atoms with Crippen LogP contribution in [0, 0.1) is 0 Å². The second-order valence-electron chi connectivity index (χ2n) is 3.96. The molecule has 0 amide bonds. The number of hydrogen-bond donors (Lipinski definition) is 2. The predicted molar refractivity (Wildman–Crippen MR) is 46.9 cm³/mol. The fraction of sp³-hybridized carbons (Fsp3) is 1.00. The van der Waals surface area contributed by atoms with Gasteiger partial charge in [0.2, 0.25) is 0 Å². The number of aliphatic hydroxyl groups is 1. The third-order valence-corrected chi connectivity index (χ3v) is 2.65. The van der Waals surface area contributed by atoms with Gasteiger partial charge in [0.15, 0.2) is 0 Å². The average Bonchev–Trinajstić information content (AvgIpc) is 2.49. The summed E-state index contributed by atoms with van der Waals surface area (Å²) in [5.41, 5.74) is 0.149. The molecule has 12 heavy (non-hydrogen) atoms. The fourth-order valence-corrected chi connectivity index (χ4v) is 1.75. The Morgan fingerprint density at radius 3 is 2.58 bits per heavy atom. The first-order valence-corrected chi connectivity index (χ1v) is 4.65. The fourth-order valence-electron chi connectivity index (χ4n) is 1.75. The molecule has 1 fully saturated rings. The molecule has 2 N–H and O–H groups in total. The van der Waals surface area contributed by atoms with Crippen molar-refractivity contribution in [2.75, 3.05) is 13.2 Å². The molecule has 0 aromatic heterocycles. The summed E-state index contributed by atoms with van der Waals surface area (Å²) in [6.45, 7) is 1.88. The van der Waals surface area contributed by atoms with E-state index in [1.54, 1.807) is 0 Å². The molecule has 1 aliphatic carbocycles. The van der Waals surface area contributed by atoms with E-state index in [0.717, 1.165) is 12.8 Å². The summed E-state index contributed by atoms with van der Waals surface area (Å²) in [5, 5.41) is 12.2. The molecule has 0 heterocycles. The highest BCUT2D eigenvalue weighted by Gasteiger charge is 2.28. The van der Waals surface area contributed by atoms with Gasteiger partial charge >= 0.3 is 0 Å². The summed E-state index contributed by atoms with van der Waals surface area (Å²) < 4.78 is 11.9. The number of rotatable bonds is 4. The van der Waals surface area contributed by atoms with Gasteiger partial charge in [-0.05, 0) is 19.8 Å². The quantitative estimate of drug-likeness (QED) is 0.673. The zero-order valence-corrected chi connectivity index (χ0v) is 7.65. The van der Waals surface area contributed by atoms with Gasteiger partial charge < -0.3 is 10.4 Å². The van der Waals surface area contributed by atoms with E-state index in [1.807, 2.05) is 0 Å². The second kappa shape index (κ2) is 4.19. The van der Waals surface area contributed by atoms with Gasteiger partial charge in [0.05, 0.1) is 6.10 Å². The highest BCUT2D eigenvalue weighted by atomic mass is 19.1. The molecule has 1 atom stereocenters. The van der Waals surface area contributed by atoms with Crippen LogP contribution < -0.4 is 5.32 Å². The minimum atomic E-state index is -0.831. The van der Waals surface area contributed by atoms with Crippen molar-refractivity contribution in [3.63, 3.8) is 0 Å². The molecular formula is C9H18FNO. The van der Waals surface area contributed by atoms with Crippen molar-refractivity contribution < 1.29 is 9.50 Å². The van der Waals surface area contributed by atoms with Crippen LogP contribution >= 0.6 is 0 Å². The summed E-state index contributed by atoms with van der Waals surface area (Å²) in [4.78, 5) is 0. The average molecular weight is 175 g/mol. The SMILES string of the molecule is CC1(NCC(O)CF)CCCC1. The molecule has 1 saturated carbocycles. The Morgan fingerprint density at radius 2 is 2.08 bits per heavy atom. The molecule has 1 aliphatic rings. The molecule has 2 nitrogen and oxygen atoms in total. The van der Waals surface area contributed by atoms with Crippen molar-refractivity contribution in [3.05, 3.63) is 0 Å².